The maximum atomic E-state index is 5.74. The lowest BCUT2D eigenvalue weighted by molar-refractivity contribution is 0.420. The fourth-order valence-corrected chi connectivity index (χ4v) is 1.23. The van der Waals surface area contributed by atoms with E-state index >= 15 is 0 Å². The number of aromatic nitrogens is 5. The van der Waals surface area contributed by atoms with Crippen molar-refractivity contribution in [1.82, 2.24) is 24.7 Å². The number of hydrogen-bond donors (Lipinski definition) is 0. The van der Waals surface area contributed by atoms with E-state index in [1.807, 2.05) is 0 Å². The summed E-state index contributed by atoms with van der Waals surface area (Å²) in [6, 6.07) is 1.73. The van der Waals surface area contributed by atoms with Crippen LogP contribution < -0.4 is 4.74 Å². The number of rotatable bonds is 2. The van der Waals surface area contributed by atoms with Gasteiger partial charge in [0.05, 0.1) is 0 Å². The minimum absolute atomic E-state index is 0.228. The third kappa shape index (κ3) is 2.41. The summed E-state index contributed by atoms with van der Waals surface area (Å²) in [5.74, 6) is 0.868. The summed E-state index contributed by atoms with van der Waals surface area (Å²) in [5, 5.41) is 4.27. The van der Waals surface area contributed by atoms with Crippen molar-refractivity contribution in [3.05, 3.63) is 23.4 Å². The standard InChI is InChI=1S/C8H8ClN5O/c1-5-11-6(9)3-7(12-5)15-8-10-4-14(2)13-8/h3-4H,1-2H3. The molecule has 2 aromatic rings. The van der Waals surface area contributed by atoms with Gasteiger partial charge in [-0.25, -0.2) is 4.98 Å². The van der Waals surface area contributed by atoms with E-state index in [1.54, 1.807) is 14.0 Å². The summed E-state index contributed by atoms with van der Waals surface area (Å²) in [6.07, 6.45) is 1.53. The maximum Gasteiger partial charge on any atom is 0.342 e. The van der Waals surface area contributed by atoms with Crippen LogP contribution in [0.3, 0.4) is 0 Å². The molecule has 0 unspecified atom stereocenters. The van der Waals surface area contributed by atoms with E-state index in [0.29, 0.717) is 16.9 Å². The Morgan fingerprint density at radius 2 is 2.20 bits per heavy atom. The van der Waals surface area contributed by atoms with E-state index in [9.17, 15) is 0 Å². The second kappa shape index (κ2) is 3.82. The fraction of sp³-hybridized carbons (Fsp3) is 0.250. The van der Waals surface area contributed by atoms with E-state index in [-0.39, 0.29) is 6.01 Å². The fourth-order valence-electron chi connectivity index (χ4n) is 1.02. The molecule has 0 aliphatic heterocycles. The molecule has 0 radical (unpaired) electrons. The molecule has 2 heterocycles. The molecule has 6 nitrogen and oxygen atoms in total. The number of aryl methyl sites for hydroxylation is 2. The van der Waals surface area contributed by atoms with Gasteiger partial charge in [0.25, 0.3) is 0 Å². The van der Waals surface area contributed by atoms with Crippen LogP contribution in [0.4, 0.5) is 0 Å². The molecular weight excluding hydrogens is 218 g/mol. The molecule has 0 saturated carbocycles. The van der Waals surface area contributed by atoms with Crippen LogP contribution in [0, 0.1) is 6.92 Å². The van der Waals surface area contributed by atoms with Crippen molar-refractivity contribution in [2.45, 2.75) is 6.92 Å². The first kappa shape index (κ1) is 9.85. The number of ether oxygens (including phenoxy) is 1. The average Bonchev–Trinajstić information content (AvgIpc) is 2.49. The van der Waals surface area contributed by atoms with Crippen molar-refractivity contribution in [2.24, 2.45) is 7.05 Å². The Bertz CT molecular complexity index is 463. The molecule has 15 heavy (non-hydrogen) atoms. The van der Waals surface area contributed by atoms with Crippen molar-refractivity contribution in [1.29, 1.82) is 0 Å². The Morgan fingerprint density at radius 1 is 1.40 bits per heavy atom. The number of nitrogens with zero attached hydrogens (tertiary/aromatic N) is 5. The molecule has 0 atom stereocenters. The molecule has 0 amide bonds. The van der Waals surface area contributed by atoms with Gasteiger partial charge in [-0.3, -0.25) is 4.68 Å². The Kier molecular flexibility index (Phi) is 2.51. The minimum Gasteiger partial charge on any atom is -0.404 e. The highest BCUT2D eigenvalue weighted by Gasteiger charge is 2.05. The van der Waals surface area contributed by atoms with Crippen molar-refractivity contribution in [3.8, 4) is 11.9 Å². The zero-order chi connectivity index (χ0) is 10.8. The molecule has 2 aromatic heterocycles. The monoisotopic (exact) mass is 225 g/mol. The summed E-state index contributed by atoms with van der Waals surface area (Å²) >= 11 is 5.74. The van der Waals surface area contributed by atoms with Crippen molar-refractivity contribution < 1.29 is 4.74 Å². The lowest BCUT2D eigenvalue weighted by Crippen LogP contribution is -1.95. The molecule has 0 spiro atoms. The molecule has 78 valence electrons. The Balaban J connectivity index is 2.24. The predicted molar refractivity (Wildman–Crippen MR) is 52.9 cm³/mol. The normalized spacial score (nSPS) is 10.3. The van der Waals surface area contributed by atoms with Crippen LogP contribution in [0.25, 0.3) is 0 Å². The highest BCUT2D eigenvalue weighted by atomic mass is 35.5. The van der Waals surface area contributed by atoms with Crippen LogP contribution in [0.5, 0.6) is 11.9 Å². The van der Waals surface area contributed by atoms with Crippen LogP contribution in [-0.4, -0.2) is 24.7 Å². The third-order valence-electron chi connectivity index (χ3n) is 1.56. The van der Waals surface area contributed by atoms with Crippen LogP contribution >= 0.6 is 11.6 Å². The van der Waals surface area contributed by atoms with Gasteiger partial charge in [0.1, 0.15) is 17.3 Å². The Labute approximate surface area is 90.9 Å². The Hall–Kier alpha value is -1.69. The van der Waals surface area contributed by atoms with Crippen molar-refractivity contribution >= 4 is 11.6 Å². The van der Waals surface area contributed by atoms with E-state index in [0.717, 1.165) is 0 Å². The molecular formula is C8H8ClN5O. The third-order valence-corrected chi connectivity index (χ3v) is 1.75. The first-order chi connectivity index (χ1) is 7.13. The van der Waals surface area contributed by atoms with Crippen LogP contribution in [0.15, 0.2) is 12.4 Å². The highest BCUT2D eigenvalue weighted by Crippen LogP contribution is 2.17. The first-order valence-electron chi connectivity index (χ1n) is 4.18. The molecule has 0 bridgehead atoms. The molecule has 0 saturated heterocycles. The second-order valence-corrected chi connectivity index (χ2v) is 3.27. The lowest BCUT2D eigenvalue weighted by atomic mass is 10.6. The van der Waals surface area contributed by atoms with Crippen LogP contribution in [0.1, 0.15) is 5.82 Å². The molecule has 0 N–H and O–H groups in total. The Morgan fingerprint density at radius 3 is 2.80 bits per heavy atom. The average molecular weight is 226 g/mol. The SMILES string of the molecule is Cc1nc(Cl)cc(Oc2ncn(C)n2)n1. The smallest absolute Gasteiger partial charge is 0.342 e. The second-order valence-electron chi connectivity index (χ2n) is 2.88. The van der Waals surface area contributed by atoms with Crippen molar-refractivity contribution in [3.63, 3.8) is 0 Å². The number of hydrogen-bond acceptors (Lipinski definition) is 5. The maximum absolute atomic E-state index is 5.74. The van der Waals surface area contributed by atoms with Gasteiger partial charge in [0, 0.05) is 13.1 Å². The van der Waals surface area contributed by atoms with Gasteiger partial charge < -0.3 is 4.74 Å². The van der Waals surface area contributed by atoms with E-state index in [4.69, 9.17) is 16.3 Å². The van der Waals surface area contributed by atoms with Crippen LogP contribution in [0.2, 0.25) is 5.15 Å². The zero-order valence-corrected chi connectivity index (χ0v) is 8.93. The van der Waals surface area contributed by atoms with Gasteiger partial charge in [-0.2, -0.15) is 9.97 Å². The summed E-state index contributed by atoms with van der Waals surface area (Å²) in [7, 11) is 1.75. The molecule has 2 rings (SSSR count). The summed E-state index contributed by atoms with van der Waals surface area (Å²) in [6.45, 7) is 1.73. The van der Waals surface area contributed by atoms with Crippen LogP contribution in [-0.2, 0) is 7.05 Å². The molecule has 7 heteroatoms. The van der Waals surface area contributed by atoms with Gasteiger partial charge >= 0.3 is 6.01 Å². The molecule has 0 fully saturated rings. The first-order valence-corrected chi connectivity index (χ1v) is 4.56. The van der Waals surface area contributed by atoms with Gasteiger partial charge in [0.15, 0.2) is 0 Å². The largest absolute Gasteiger partial charge is 0.404 e. The minimum atomic E-state index is 0.228. The quantitative estimate of drug-likeness (QED) is 0.722. The topological polar surface area (TPSA) is 65.7 Å². The molecule has 0 aliphatic carbocycles. The van der Waals surface area contributed by atoms with Crippen molar-refractivity contribution in [2.75, 3.05) is 0 Å². The summed E-state index contributed by atoms with van der Waals surface area (Å²) < 4.78 is 6.81. The lowest BCUT2D eigenvalue weighted by Gasteiger charge is -2.00. The van der Waals surface area contributed by atoms with Gasteiger partial charge in [-0.15, -0.1) is 5.10 Å². The van der Waals surface area contributed by atoms with Gasteiger partial charge in [0.2, 0.25) is 5.88 Å². The predicted octanol–water partition coefficient (Wildman–Crippen LogP) is 1.36. The van der Waals surface area contributed by atoms with E-state index in [1.165, 1.54) is 17.1 Å². The summed E-state index contributed by atoms with van der Waals surface area (Å²) in [4.78, 5) is 11.8. The zero-order valence-electron chi connectivity index (χ0n) is 8.18. The van der Waals surface area contributed by atoms with Gasteiger partial charge in [-0.1, -0.05) is 11.6 Å². The highest BCUT2D eigenvalue weighted by molar-refractivity contribution is 6.29. The van der Waals surface area contributed by atoms with E-state index < -0.39 is 0 Å². The summed E-state index contributed by atoms with van der Waals surface area (Å²) in [5.41, 5.74) is 0. The molecule has 0 aliphatic rings. The van der Waals surface area contributed by atoms with E-state index in [2.05, 4.69) is 20.1 Å². The van der Waals surface area contributed by atoms with Gasteiger partial charge in [-0.05, 0) is 6.92 Å². The molecule has 0 aromatic carbocycles. The number of halogens is 1.